The highest BCUT2D eigenvalue weighted by molar-refractivity contribution is 7.93. The lowest BCUT2D eigenvalue weighted by molar-refractivity contribution is 0.516. The molecule has 0 amide bonds. The Hall–Kier alpha value is -1.61. The second-order valence-corrected chi connectivity index (χ2v) is 6.94. The molecule has 18 heavy (non-hydrogen) atoms. The van der Waals surface area contributed by atoms with Crippen LogP contribution in [0, 0.1) is 0 Å². The van der Waals surface area contributed by atoms with Crippen molar-refractivity contribution in [1.82, 2.24) is 0 Å². The molecular weight excluding hydrogens is 244 g/mol. The van der Waals surface area contributed by atoms with Gasteiger partial charge in [-0.25, -0.2) is 8.42 Å². The molecule has 0 spiro atoms. The van der Waals surface area contributed by atoms with Gasteiger partial charge in [0.05, 0.1) is 10.5 Å². The van der Waals surface area contributed by atoms with Crippen LogP contribution in [-0.2, 0) is 9.84 Å². The van der Waals surface area contributed by atoms with Crippen molar-refractivity contribution in [2.24, 2.45) is 0 Å². The highest BCUT2D eigenvalue weighted by atomic mass is 32.2. The fraction of sp³-hybridized carbons (Fsp3) is 0.200. The number of benzene rings is 2. The molecule has 2 aromatic carbocycles. The summed E-state index contributed by atoms with van der Waals surface area (Å²) >= 11 is 0. The van der Waals surface area contributed by atoms with E-state index in [0.717, 1.165) is 11.1 Å². The van der Waals surface area contributed by atoms with Gasteiger partial charge in [0, 0.05) is 0 Å². The largest absolute Gasteiger partial charge is 0.228 e. The van der Waals surface area contributed by atoms with Crippen LogP contribution in [0.2, 0.25) is 0 Å². The van der Waals surface area contributed by atoms with Crippen molar-refractivity contribution >= 4 is 9.84 Å². The molecule has 92 valence electrons. The third kappa shape index (κ3) is 1.75. The molecule has 2 nitrogen and oxygen atoms in total. The molecule has 1 saturated heterocycles. The zero-order valence-corrected chi connectivity index (χ0v) is 10.7. The monoisotopic (exact) mass is 258 g/mol. The predicted octanol–water partition coefficient (Wildman–Crippen LogP) is 3.29. The molecule has 3 rings (SSSR count). The van der Waals surface area contributed by atoms with E-state index in [2.05, 4.69) is 0 Å². The van der Waals surface area contributed by atoms with Crippen molar-refractivity contribution in [3.05, 3.63) is 71.8 Å². The molecule has 1 aliphatic rings. The van der Waals surface area contributed by atoms with Crippen molar-refractivity contribution in [2.45, 2.75) is 16.9 Å². The van der Waals surface area contributed by atoms with E-state index in [1.54, 1.807) is 0 Å². The van der Waals surface area contributed by atoms with Gasteiger partial charge < -0.3 is 0 Å². The fourth-order valence-electron chi connectivity index (χ4n) is 2.53. The zero-order valence-electron chi connectivity index (χ0n) is 9.86. The summed E-state index contributed by atoms with van der Waals surface area (Å²) in [6.45, 7) is 0. The molecule has 2 atom stereocenters. The van der Waals surface area contributed by atoms with Gasteiger partial charge >= 0.3 is 0 Å². The third-order valence-corrected chi connectivity index (χ3v) is 6.08. The molecular formula is C15H14O2S. The Bertz CT molecular complexity index is 581. The van der Waals surface area contributed by atoms with E-state index in [-0.39, 0.29) is 10.5 Å². The van der Waals surface area contributed by atoms with E-state index in [4.69, 9.17) is 0 Å². The quantitative estimate of drug-likeness (QED) is 0.828. The fourth-order valence-corrected chi connectivity index (χ4v) is 4.56. The van der Waals surface area contributed by atoms with Crippen molar-refractivity contribution < 1.29 is 8.42 Å². The van der Waals surface area contributed by atoms with Gasteiger partial charge in [0.15, 0.2) is 9.84 Å². The first-order valence-corrected chi connectivity index (χ1v) is 7.63. The molecule has 0 aliphatic carbocycles. The van der Waals surface area contributed by atoms with Crippen LogP contribution in [0.15, 0.2) is 60.7 Å². The maximum atomic E-state index is 12.4. The van der Waals surface area contributed by atoms with Crippen molar-refractivity contribution in [1.29, 1.82) is 0 Å². The summed E-state index contributed by atoms with van der Waals surface area (Å²) in [5, 5.41) is -0.659. The van der Waals surface area contributed by atoms with Crippen LogP contribution >= 0.6 is 0 Å². The van der Waals surface area contributed by atoms with Gasteiger partial charge in [0.1, 0.15) is 0 Å². The lowest BCUT2D eigenvalue weighted by Crippen LogP contribution is -2.33. The Morgan fingerprint density at radius 3 is 1.44 bits per heavy atom. The Kier molecular flexibility index (Phi) is 2.71. The Morgan fingerprint density at radius 1 is 0.722 bits per heavy atom. The van der Waals surface area contributed by atoms with Crippen LogP contribution in [0.5, 0.6) is 0 Å². The van der Waals surface area contributed by atoms with Crippen LogP contribution < -0.4 is 0 Å². The van der Waals surface area contributed by atoms with E-state index in [1.165, 1.54) is 0 Å². The van der Waals surface area contributed by atoms with Gasteiger partial charge in [-0.15, -0.1) is 0 Å². The van der Waals surface area contributed by atoms with E-state index < -0.39 is 9.84 Å². The molecule has 1 fully saturated rings. The molecule has 0 saturated carbocycles. The summed E-state index contributed by atoms with van der Waals surface area (Å²) in [7, 11) is -3.07. The van der Waals surface area contributed by atoms with E-state index in [0.29, 0.717) is 6.42 Å². The average molecular weight is 258 g/mol. The molecule has 0 N–H and O–H groups in total. The van der Waals surface area contributed by atoms with E-state index in [9.17, 15) is 8.42 Å². The predicted molar refractivity (Wildman–Crippen MR) is 71.9 cm³/mol. The van der Waals surface area contributed by atoms with E-state index in [1.807, 2.05) is 60.7 Å². The first kappa shape index (κ1) is 11.5. The topological polar surface area (TPSA) is 34.1 Å². The van der Waals surface area contributed by atoms with Crippen LogP contribution in [0.25, 0.3) is 0 Å². The Morgan fingerprint density at radius 2 is 1.11 bits per heavy atom. The summed E-state index contributed by atoms with van der Waals surface area (Å²) in [6, 6.07) is 18.9. The second-order valence-electron chi connectivity index (χ2n) is 4.62. The number of hydrogen-bond acceptors (Lipinski definition) is 2. The van der Waals surface area contributed by atoms with Crippen LogP contribution in [0.1, 0.15) is 28.0 Å². The second kappa shape index (κ2) is 4.25. The zero-order chi connectivity index (χ0) is 12.6. The lowest BCUT2D eigenvalue weighted by atomic mass is 10.0. The smallest absolute Gasteiger partial charge is 0.164 e. The molecule has 1 heterocycles. The van der Waals surface area contributed by atoms with Crippen LogP contribution in [0.4, 0.5) is 0 Å². The maximum absolute atomic E-state index is 12.4. The molecule has 0 aromatic heterocycles. The first-order chi connectivity index (χ1) is 8.69. The third-order valence-electron chi connectivity index (χ3n) is 3.56. The summed E-state index contributed by atoms with van der Waals surface area (Å²) in [5.74, 6) is 0. The van der Waals surface area contributed by atoms with Crippen LogP contribution in [-0.4, -0.2) is 8.42 Å². The van der Waals surface area contributed by atoms with Gasteiger partial charge in [0.2, 0.25) is 0 Å². The van der Waals surface area contributed by atoms with Crippen LogP contribution in [0.3, 0.4) is 0 Å². The molecule has 1 aliphatic heterocycles. The minimum atomic E-state index is -3.07. The highest BCUT2D eigenvalue weighted by Crippen LogP contribution is 2.50. The van der Waals surface area contributed by atoms with Gasteiger partial charge in [0.25, 0.3) is 0 Å². The molecule has 3 heteroatoms. The minimum Gasteiger partial charge on any atom is -0.228 e. The molecule has 2 aromatic rings. The summed E-state index contributed by atoms with van der Waals surface area (Å²) in [6.07, 6.45) is 0.691. The summed E-state index contributed by atoms with van der Waals surface area (Å²) < 4.78 is 24.7. The van der Waals surface area contributed by atoms with Gasteiger partial charge in [-0.1, -0.05) is 60.7 Å². The van der Waals surface area contributed by atoms with Gasteiger partial charge in [-0.05, 0) is 17.5 Å². The standard InChI is InChI=1S/C15H14O2S/c16-18(17)14(12-7-3-1-4-8-12)11-15(18)13-9-5-2-6-10-13/h1-10,14-15H,11H2. The van der Waals surface area contributed by atoms with Crippen molar-refractivity contribution in [3.63, 3.8) is 0 Å². The highest BCUT2D eigenvalue weighted by Gasteiger charge is 2.47. The average Bonchev–Trinajstić information content (AvgIpc) is 2.40. The normalized spacial score (nSPS) is 25.3. The number of rotatable bonds is 2. The number of hydrogen-bond donors (Lipinski definition) is 0. The minimum absolute atomic E-state index is 0.330. The summed E-state index contributed by atoms with van der Waals surface area (Å²) in [5.41, 5.74) is 1.81. The SMILES string of the molecule is O=S1(=O)C(c2ccccc2)CC1c1ccccc1. The maximum Gasteiger partial charge on any atom is 0.164 e. The van der Waals surface area contributed by atoms with Crippen molar-refractivity contribution in [2.75, 3.05) is 0 Å². The van der Waals surface area contributed by atoms with Gasteiger partial charge in [-0.3, -0.25) is 0 Å². The number of sulfone groups is 1. The van der Waals surface area contributed by atoms with Crippen molar-refractivity contribution in [3.8, 4) is 0 Å². The molecule has 0 bridgehead atoms. The molecule has 0 radical (unpaired) electrons. The van der Waals surface area contributed by atoms with Gasteiger partial charge in [-0.2, -0.15) is 0 Å². The Labute approximate surface area is 107 Å². The van der Waals surface area contributed by atoms with E-state index >= 15 is 0 Å². The summed E-state index contributed by atoms with van der Waals surface area (Å²) in [4.78, 5) is 0. The molecule has 2 unspecified atom stereocenters. The first-order valence-electron chi connectivity index (χ1n) is 6.02. The Balaban J connectivity index is 1.90. The lowest BCUT2D eigenvalue weighted by Gasteiger charge is -2.35.